The van der Waals surface area contributed by atoms with Crippen molar-refractivity contribution in [2.45, 2.75) is 39.3 Å². The van der Waals surface area contributed by atoms with Crippen molar-refractivity contribution in [3.05, 3.63) is 99.0 Å². The van der Waals surface area contributed by atoms with E-state index >= 15 is 0 Å². The molecule has 35 heavy (non-hydrogen) atoms. The smallest absolute Gasteiger partial charge is 0.253 e. The first-order valence-electron chi connectivity index (χ1n) is 12.0. The van der Waals surface area contributed by atoms with E-state index < -0.39 is 0 Å². The van der Waals surface area contributed by atoms with E-state index in [0.29, 0.717) is 35.3 Å². The molecule has 0 aliphatic carbocycles. The van der Waals surface area contributed by atoms with E-state index in [-0.39, 0.29) is 11.3 Å². The zero-order valence-electron chi connectivity index (χ0n) is 20.6. The van der Waals surface area contributed by atoms with Crippen molar-refractivity contribution in [2.24, 2.45) is 0 Å². The summed E-state index contributed by atoms with van der Waals surface area (Å²) < 4.78 is 5.98. The summed E-state index contributed by atoms with van der Waals surface area (Å²) in [5.74, 6) is 0.886. The highest BCUT2D eigenvalue weighted by molar-refractivity contribution is 6.35. The molecule has 184 valence electrons. The molecule has 1 amide bonds. The van der Waals surface area contributed by atoms with Gasteiger partial charge in [0.25, 0.3) is 5.91 Å². The molecular formula is C29H32Cl2N2O2. The Labute approximate surface area is 218 Å². The predicted octanol–water partition coefficient (Wildman–Crippen LogP) is 6.83. The highest BCUT2D eigenvalue weighted by Gasteiger charge is 2.23. The summed E-state index contributed by atoms with van der Waals surface area (Å²) in [4.78, 5) is 17.4. The van der Waals surface area contributed by atoms with Crippen LogP contribution in [-0.2, 0) is 18.6 Å². The Morgan fingerprint density at radius 1 is 0.914 bits per heavy atom. The van der Waals surface area contributed by atoms with E-state index in [1.54, 1.807) is 6.07 Å². The zero-order valence-corrected chi connectivity index (χ0v) is 22.1. The van der Waals surface area contributed by atoms with Crippen LogP contribution in [0.3, 0.4) is 0 Å². The Hall–Kier alpha value is -2.53. The molecule has 6 heteroatoms. The Morgan fingerprint density at radius 2 is 1.63 bits per heavy atom. The molecule has 0 saturated carbocycles. The summed E-state index contributed by atoms with van der Waals surface area (Å²) in [7, 11) is 0. The minimum atomic E-state index is 0.0607. The van der Waals surface area contributed by atoms with Crippen molar-refractivity contribution in [3.8, 4) is 5.75 Å². The molecule has 1 fully saturated rings. The van der Waals surface area contributed by atoms with Crippen LogP contribution in [0.4, 0.5) is 0 Å². The van der Waals surface area contributed by atoms with E-state index in [1.165, 1.54) is 5.56 Å². The van der Waals surface area contributed by atoms with Crippen LogP contribution < -0.4 is 4.74 Å². The molecule has 0 bridgehead atoms. The van der Waals surface area contributed by atoms with Gasteiger partial charge in [-0.2, -0.15) is 0 Å². The topological polar surface area (TPSA) is 32.8 Å². The second kappa shape index (κ2) is 11.0. The Balaban J connectivity index is 1.31. The van der Waals surface area contributed by atoms with Crippen LogP contribution in [0.15, 0.2) is 66.7 Å². The van der Waals surface area contributed by atoms with Gasteiger partial charge in [0.05, 0.1) is 0 Å². The van der Waals surface area contributed by atoms with Crippen LogP contribution in [0.2, 0.25) is 10.0 Å². The highest BCUT2D eigenvalue weighted by Crippen LogP contribution is 2.25. The first-order valence-corrected chi connectivity index (χ1v) is 12.7. The number of amides is 1. The fraction of sp³-hybridized carbons (Fsp3) is 0.345. The van der Waals surface area contributed by atoms with Crippen LogP contribution in [0.5, 0.6) is 5.75 Å². The van der Waals surface area contributed by atoms with Crippen LogP contribution in [0.25, 0.3) is 0 Å². The molecule has 0 aromatic heterocycles. The summed E-state index contributed by atoms with van der Waals surface area (Å²) in [5.41, 5.74) is 4.11. The lowest BCUT2D eigenvalue weighted by Gasteiger charge is -2.35. The third-order valence-corrected chi connectivity index (χ3v) is 6.96. The number of hydrogen-bond acceptors (Lipinski definition) is 3. The van der Waals surface area contributed by atoms with Crippen LogP contribution >= 0.6 is 23.2 Å². The van der Waals surface area contributed by atoms with Gasteiger partial charge in [0, 0.05) is 48.3 Å². The van der Waals surface area contributed by atoms with Crippen molar-refractivity contribution in [3.63, 3.8) is 0 Å². The monoisotopic (exact) mass is 510 g/mol. The second-order valence-electron chi connectivity index (χ2n) is 10.1. The van der Waals surface area contributed by atoms with Crippen molar-refractivity contribution >= 4 is 29.1 Å². The van der Waals surface area contributed by atoms with Gasteiger partial charge in [-0.1, -0.05) is 74.3 Å². The molecule has 0 N–H and O–H groups in total. The number of piperazine rings is 1. The van der Waals surface area contributed by atoms with Crippen LogP contribution in [0.1, 0.15) is 47.8 Å². The average Bonchev–Trinajstić information content (AvgIpc) is 2.84. The summed E-state index contributed by atoms with van der Waals surface area (Å²) in [5, 5.41) is 1.32. The fourth-order valence-electron chi connectivity index (χ4n) is 4.19. The van der Waals surface area contributed by atoms with E-state index in [2.05, 4.69) is 37.8 Å². The third kappa shape index (κ3) is 6.78. The summed E-state index contributed by atoms with van der Waals surface area (Å²) >= 11 is 12.3. The van der Waals surface area contributed by atoms with Gasteiger partial charge in [-0.25, -0.2) is 0 Å². The van der Waals surface area contributed by atoms with Gasteiger partial charge in [0.2, 0.25) is 0 Å². The number of halogens is 2. The molecule has 0 atom stereocenters. The van der Waals surface area contributed by atoms with E-state index in [1.807, 2.05) is 53.4 Å². The number of carbonyl (C=O) groups excluding carboxylic acids is 1. The number of benzene rings is 3. The molecule has 0 radical (unpaired) electrons. The number of rotatable bonds is 6. The predicted molar refractivity (Wildman–Crippen MR) is 144 cm³/mol. The Kier molecular flexibility index (Phi) is 8.05. The van der Waals surface area contributed by atoms with Crippen molar-refractivity contribution in [1.82, 2.24) is 9.80 Å². The van der Waals surface area contributed by atoms with Gasteiger partial charge >= 0.3 is 0 Å². The minimum Gasteiger partial charge on any atom is -0.489 e. The zero-order chi connectivity index (χ0) is 25.0. The lowest BCUT2D eigenvalue weighted by atomic mass is 9.87. The number of hydrogen-bond donors (Lipinski definition) is 0. The highest BCUT2D eigenvalue weighted by atomic mass is 35.5. The normalized spacial score (nSPS) is 14.7. The molecule has 3 aromatic carbocycles. The molecule has 1 aliphatic rings. The van der Waals surface area contributed by atoms with Crippen molar-refractivity contribution < 1.29 is 9.53 Å². The van der Waals surface area contributed by atoms with Gasteiger partial charge in [-0.15, -0.1) is 0 Å². The van der Waals surface area contributed by atoms with Crippen molar-refractivity contribution in [1.29, 1.82) is 0 Å². The van der Waals surface area contributed by atoms with Crippen LogP contribution in [-0.4, -0.2) is 41.9 Å². The lowest BCUT2D eigenvalue weighted by Crippen LogP contribution is -2.48. The molecule has 3 aromatic rings. The number of carbonyl (C=O) groups is 1. The molecule has 1 saturated heterocycles. The van der Waals surface area contributed by atoms with Crippen molar-refractivity contribution in [2.75, 3.05) is 26.2 Å². The first kappa shape index (κ1) is 25.6. The molecule has 1 heterocycles. The average molecular weight is 511 g/mol. The fourth-order valence-corrected chi connectivity index (χ4v) is 4.66. The molecule has 0 unspecified atom stereocenters. The quantitative estimate of drug-likeness (QED) is 0.364. The molecule has 4 rings (SSSR count). The van der Waals surface area contributed by atoms with Gasteiger partial charge in [0.15, 0.2) is 0 Å². The van der Waals surface area contributed by atoms with E-state index in [9.17, 15) is 4.79 Å². The van der Waals surface area contributed by atoms with Gasteiger partial charge in [-0.05, 0) is 58.5 Å². The largest absolute Gasteiger partial charge is 0.489 e. The molecule has 1 aliphatic heterocycles. The minimum absolute atomic E-state index is 0.0607. The molecule has 0 spiro atoms. The summed E-state index contributed by atoms with van der Waals surface area (Å²) in [6.45, 7) is 10.7. The standard InChI is InChI=1S/C29H32Cl2N2O2/c1-29(2,3)24-8-11-26(12-9-24)35-20-21-5-4-6-22(17-21)28(34)33-15-13-32(14-16-33)19-23-7-10-25(30)18-27(23)31/h4-12,17-18H,13-16,19-20H2,1-3H3. The molecule has 4 nitrogen and oxygen atoms in total. The third-order valence-electron chi connectivity index (χ3n) is 6.37. The van der Waals surface area contributed by atoms with E-state index in [0.717, 1.165) is 36.5 Å². The first-order chi connectivity index (χ1) is 16.7. The number of nitrogens with zero attached hydrogens (tertiary/aromatic N) is 2. The van der Waals surface area contributed by atoms with Gasteiger partial charge in [-0.3, -0.25) is 9.69 Å². The summed E-state index contributed by atoms with van der Waals surface area (Å²) in [6, 6.07) is 21.6. The Morgan fingerprint density at radius 3 is 2.29 bits per heavy atom. The lowest BCUT2D eigenvalue weighted by molar-refractivity contribution is 0.0628. The maximum atomic E-state index is 13.1. The van der Waals surface area contributed by atoms with Crippen LogP contribution in [0, 0.1) is 0 Å². The van der Waals surface area contributed by atoms with Gasteiger partial charge < -0.3 is 9.64 Å². The maximum absolute atomic E-state index is 13.1. The second-order valence-corrected chi connectivity index (χ2v) is 10.9. The number of ether oxygens (including phenoxy) is 1. The van der Waals surface area contributed by atoms with Gasteiger partial charge in [0.1, 0.15) is 12.4 Å². The Bertz CT molecular complexity index is 1160. The maximum Gasteiger partial charge on any atom is 0.253 e. The summed E-state index contributed by atoms with van der Waals surface area (Å²) in [6.07, 6.45) is 0. The molecular weight excluding hydrogens is 479 g/mol. The SMILES string of the molecule is CC(C)(C)c1ccc(OCc2cccc(C(=O)N3CCN(Cc4ccc(Cl)cc4Cl)CC3)c2)cc1. The van der Waals surface area contributed by atoms with E-state index in [4.69, 9.17) is 27.9 Å².